The molecule has 1 unspecified atom stereocenters. The molecule has 0 aliphatic carbocycles. The van der Waals surface area contributed by atoms with Gasteiger partial charge in [0.05, 0.1) is 0 Å². The SMILES string of the molecule is CC/C=C\C/C=C\C/C=C\C/C=C\C/C=C\C/C=C\CCC(=O)OC(COC(=O)CCCCCCCCC)COC(=O)CCCCCCCCCCCCCCCCCCCCCC/C=C\C/C=C\C/C=C\C/C=C\CC. The van der Waals surface area contributed by atoms with Crippen molar-refractivity contribution < 1.29 is 28.6 Å². The molecule has 0 aliphatic heterocycles. The predicted molar refractivity (Wildman–Crippen MR) is 334 cm³/mol. The van der Waals surface area contributed by atoms with Crippen molar-refractivity contribution in [2.45, 2.75) is 297 Å². The van der Waals surface area contributed by atoms with Crippen LogP contribution in [-0.2, 0) is 28.6 Å². The first-order chi connectivity index (χ1) is 38.0. The monoisotopic (exact) mass is 1070 g/mol. The number of unbranched alkanes of at least 4 members (excludes halogenated alkanes) is 26. The van der Waals surface area contributed by atoms with Crippen molar-refractivity contribution in [3.05, 3.63) is 122 Å². The highest BCUT2D eigenvalue weighted by atomic mass is 16.6. The minimum absolute atomic E-state index is 0.107. The van der Waals surface area contributed by atoms with Crippen molar-refractivity contribution in [3.8, 4) is 0 Å². The molecule has 0 fully saturated rings. The second-order valence-corrected chi connectivity index (χ2v) is 20.9. The first-order valence-corrected chi connectivity index (χ1v) is 32.0. The Balaban J connectivity index is 4.10. The summed E-state index contributed by atoms with van der Waals surface area (Å²) in [7, 11) is 0. The first kappa shape index (κ1) is 72.8. The van der Waals surface area contributed by atoms with E-state index in [1.54, 1.807) is 0 Å². The van der Waals surface area contributed by atoms with Crippen LogP contribution in [-0.4, -0.2) is 37.2 Å². The summed E-state index contributed by atoms with van der Waals surface area (Å²) in [6.07, 6.45) is 89.8. The van der Waals surface area contributed by atoms with Crippen LogP contribution in [0.15, 0.2) is 122 Å². The van der Waals surface area contributed by atoms with Crippen LogP contribution in [0.5, 0.6) is 0 Å². The standard InChI is InChI=1S/C71H118O6/c1-4-7-10-13-16-18-20-22-24-26-28-29-30-31-32-33-34-35-36-37-38-39-40-41-43-44-46-48-50-52-55-58-61-64-70(73)76-67-68(66-75-69(72)63-60-57-54-15-12-9-6-3)77-71(74)65-62-59-56-53-51-49-47-45-42-27-25-23-21-19-17-14-11-8-5-2/h7-8,10-11,16-19,22-25,28-29,42,45,49,51,56,59,68H,4-6,9,12-15,20-21,26-27,30-41,43-44,46-48,50,52-55,57-58,60-67H2,1-3H3/b10-7-,11-8-,18-16-,19-17-,24-22-,25-23-,29-28-,45-42-,51-49-,59-56-. The van der Waals surface area contributed by atoms with Gasteiger partial charge in [0.15, 0.2) is 6.10 Å². The van der Waals surface area contributed by atoms with Crippen molar-refractivity contribution >= 4 is 17.9 Å². The van der Waals surface area contributed by atoms with E-state index in [1.165, 1.54) is 141 Å². The van der Waals surface area contributed by atoms with Gasteiger partial charge in [0.25, 0.3) is 0 Å². The molecule has 438 valence electrons. The summed E-state index contributed by atoms with van der Waals surface area (Å²) in [6, 6.07) is 0. The first-order valence-electron chi connectivity index (χ1n) is 32.0. The summed E-state index contributed by atoms with van der Waals surface area (Å²) in [6.45, 7) is 6.32. The molecule has 0 spiro atoms. The number of allylic oxidation sites excluding steroid dienone is 20. The Labute approximate surface area is 475 Å². The van der Waals surface area contributed by atoms with Crippen LogP contribution in [0, 0.1) is 0 Å². The number of carbonyl (C=O) groups excluding carboxylic acids is 3. The van der Waals surface area contributed by atoms with Crippen LogP contribution in [0.1, 0.15) is 290 Å². The number of carbonyl (C=O) groups is 3. The van der Waals surface area contributed by atoms with Crippen LogP contribution in [0.25, 0.3) is 0 Å². The molecule has 0 radical (unpaired) electrons. The predicted octanol–water partition coefficient (Wildman–Crippen LogP) is 22.0. The highest BCUT2D eigenvalue weighted by Gasteiger charge is 2.19. The fraction of sp³-hybridized carbons (Fsp3) is 0.676. The van der Waals surface area contributed by atoms with Crippen LogP contribution in [0.2, 0.25) is 0 Å². The van der Waals surface area contributed by atoms with Crippen LogP contribution >= 0.6 is 0 Å². The summed E-state index contributed by atoms with van der Waals surface area (Å²) in [5.41, 5.74) is 0. The minimum Gasteiger partial charge on any atom is -0.462 e. The van der Waals surface area contributed by atoms with Gasteiger partial charge >= 0.3 is 17.9 Å². The molecule has 0 aromatic carbocycles. The topological polar surface area (TPSA) is 78.9 Å². The Bertz CT molecular complexity index is 1600. The molecule has 0 saturated carbocycles. The number of esters is 3. The van der Waals surface area contributed by atoms with Gasteiger partial charge in [0.2, 0.25) is 0 Å². The smallest absolute Gasteiger partial charge is 0.306 e. The highest BCUT2D eigenvalue weighted by Crippen LogP contribution is 2.16. The van der Waals surface area contributed by atoms with Gasteiger partial charge in [-0.25, -0.2) is 0 Å². The van der Waals surface area contributed by atoms with E-state index in [2.05, 4.69) is 136 Å². The average Bonchev–Trinajstić information content (AvgIpc) is 3.43. The maximum atomic E-state index is 12.8. The number of rotatable bonds is 57. The fourth-order valence-electron chi connectivity index (χ4n) is 8.76. The maximum absolute atomic E-state index is 12.8. The molecule has 0 heterocycles. The molecule has 6 heteroatoms. The number of hydrogen-bond donors (Lipinski definition) is 0. The van der Waals surface area contributed by atoms with Gasteiger partial charge in [-0.1, -0.05) is 296 Å². The molecule has 0 rings (SSSR count). The zero-order chi connectivity index (χ0) is 55.7. The Kier molecular flexibility index (Phi) is 60.8. The maximum Gasteiger partial charge on any atom is 0.306 e. The van der Waals surface area contributed by atoms with E-state index in [4.69, 9.17) is 14.2 Å². The van der Waals surface area contributed by atoms with Crippen molar-refractivity contribution in [1.82, 2.24) is 0 Å². The second kappa shape index (κ2) is 64.3. The summed E-state index contributed by atoms with van der Waals surface area (Å²) >= 11 is 0. The van der Waals surface area contributed by atoms with E-state index >= 15 is 0 Å². The van der Waals surface area contributed by atoms with Crippen LogP contribution in [0.4, 0.5) is 0 Å². The molecule has 0 N–H and O–H groups in total. The molecular formula is C71H118O6. The lowest BCUT2D eigenvalue weighted by Gasteiger charge is -2.18. The molecule has 0 bridgehead atoms. The van der Waals surface area contributed by atoms with Crippen molar-refractivity contribution in [2.24, 2.45) is 0 Å². The quantitative estimate of drug-likeness (QED) is 0.0261. The third kappa shape index (κ3) is 62.5. The van der Waals surface area contributed by atoms with Gasteiger partial charge in [-0.3, -0.25) is 14.4 Å². The molecule has 0 aromatic heterocycles. The van der Waals surface area contributed by atoms with E-state index in [9.17, 15) is 14.4 Å². The Morgan fingerprint density at radius 1 is 0.273 bits per heavy atom. The van der Waals surface area contributed by atoms with Gasteiger partial charge in [0, 0.05) is 19.3 Å². The van der Waals surface area contributed by atoms with E-state index in [-0.39, 0.29) is 31.6 Å². The molecule has 0 aliphatic rings. The summed E-state index contributed by atoms with van der Waals surface area (Å²) < 4.78 is 16.7. The van der Waals surface area contributed by atoms with Crippen molar-refractivity contribution in [1.29, 1.82) is 0 Å². The third-order valence-corrected chi connectivity index (χ3v) is 13.5. The van der Waals surface area contributed by atoms with Crippen LogP contribution < -0.4 is 0 Å². The van der Waals surface area contributed by atoms with E-state index in [0.717, 1.165) is 103 Å². The number of hydrogen-bond acceptors (Lipinski definition) is 6. The normalized spacial score (nSPS) is 12.9. The largest absolute Gasteiger partial charge is 0.462 e. The van der Waals surface area contributed by atoms with E-state index in [0.29, 0.717) is 19.3 Å². The van der Waals surface area contributed by atoms with Gasteiger partial charge in [-0.15, -0.1) is 0 Å². The molecule has 77 heavy (non-hydrogen) atoms. The Morgan fingerprint density at radius 3 is 0.844 bits per heavy atom. The zero-order valence-corrected chi connectivity index (χ0v) is 50.2. The third-order valence-electron chi connectivity index (χ3n) is 13.5. The summed E-state index contributed by atoms with van der Waals surface area (Å²) in [5.74, 6) is -0.994. The summed E-state index contributed by atoms with van der Waals surface area (Å²) in [5, 5.41) is 0. The van der Waals surface area contributed by atoms with Gasteiger partial charge < -0.3 is 14.2 Å². The van der Waals surface area contributed by atoms with E-state index in [1.807, 2.05) is 6.08 Å². The molecule has 0 aromatic rings. The molecule has 0 amide bonds. The lowest BCUT2D eigenvalue weighted by atomic mass is 10.0. The van der Waals surface area contributed by atoms with E-state index < -0.39 is 12.1 Å². The molecule has 1 atom stereocenters. The lowest BCUT2D eigenvalue weighted by molar-refractivity contribution is -0.166. The number of ether oxygens (including phenoxy) is 3. The second-order valence-electron chi connectivity index (χ2n) is 20.9. The van der Waals surface area contributed by atoms with Gasteiger partial charge in [-0.05, 0) is 96.3 Å². The highest BCUT2D eigenvalue weighted by molar-refractivity contribution is 5.71. The zero-order valence-electron chi connectivity index (χ0n) is 50.2. The molecule has 6 nitrogen and oxygen atoms in total. The average molecular weight is 1070 g/mol. The Hall–Kier alpha value is -4.19. The van der Waals surface area contributed by atoms with Crippen molar-refractivity contribution in [2.75, 3.05) is 13.2 Å². The van der Waals surface area contributed by atoms with Crippen LogP contribution in [0.3, 0.4) is 0 Å². The molecular weight excluding hydrogens is 949 g/mol. The minimum atomic E-state index is -0.816. The lowest BCUT2D eigenvalue weighted by Crippen LogP contribution is -2.30. The molecule has 0 saturated heterocycles. The van der Waals surface area contributed by atoms with Crippen molar-refractivity contribution in [3.63, 3.8) is 0 Å². The fourth-order valence-corrected chi connectivity index (χ4v) is 8.76. The summed E-state index contributed by atoms with van der Waals surface area (Å²) in [4.78, 5) is 38.0. The Morgan fingerprint density at radius 2 is 0.532 bits per heavy atom. The van der Waals surface area contributed by atoms with Gasteiger partial charge in [-0.2, -0.15) is 0 Å². The van der Waals surface area contributed by atoms with Gasteiger partial charge in [0.1, 0.15) is 13.2 Å².